The molecular weight excluding hydrogens is 372 g/mol. The van der Waals surface area contributed by atoms with Gasteiger partial charge in [0.15, 0.2) is 28.4 Å². The normalized spacial score (nSPS) is 20.3. The maximum atomic E-state index is 12.6. The van der Waals surface area contributed by atoms with Crippen LogP contribution in [0.4, 0.5) is 0 Å². The van der Waals surface area contributed by atoms with E-state index in [1.165, 1.54) is 26.4 Å². The van der Waals surface area contributed by atoms with E-state index in [1.807, 2.05) is 0 Å². The molecule has 0 spiro atoms. The number of ether oxygens (including phenoxy) is 2. The third kappa shape index (κ3) is 3.32. The first-order chi connectivity index (χ1) is 13.9. The quantitative estimate of drug-likeness (QED) is 0.817. The molecule has 1 fully saturated rings. The molecule has 0 bridgehead atoms. The second-order valence-electron chi connectivity index (χ2n) is 7.01. The van der Waals surface area contributed by atoms with E-state index in [-0.39, 0.29) is 41.6 Å². The van der Waals surface area contributed by atoms with Crippen molar-refractivity contribution in [3.05, 3.63) is 47.5 Å². The molecule has 2 aromatic carbocycles. The summed E-state index contributed by atoms with van der Waals surface area (Å²) in [6, 6.07) is 13.5. The molecule has 3 rings (SSSR count). The van der Waals surface area contributed by atoms with E-state index < -0.39 is 17.3 Å². The summed E-state index contributed by atoms with van der Waals surface area (Å²) in [7, 11) is 2.80. The number of rotatable bonds is 4. The number of ketones is 1. The standard InChI is InChI=1S/C22H20N2O5/c1-28-20-7-13(3-5-18(20)26)16-9-15(25)10-17(22(16,11-23)12-24)14-4-6-19(27)21(8-14)29-2/h3-8,16-17,26-27H,9-10H2,1-2H3. The molecule has 2 atom stereocenters. The van der Waals surface area contributed by atoms with Crippen LogP contribution in [0.3, 0.4) is 0 Å². The molecule has 1 aliphatic rings. The fraction of sp³-hybridized carbons (Fsp3) is 0.318. The van der Waals surface area contributed by atoms with Crippen molar-refractivity contribution in [2.75, 3.05) is 14.2 Å². The van der Waals surface area contributed by atoms with Crippen molar-refractivity contribution in [1.82, 2.24) is 0 Å². The van der Waals surface area contributed by atoms with Gasteiger partial charge in [-0.15, -0.1) is 0 Å². The number of nitriles is 2. The molecule has 0 radical (unpaired) electrons. The molecule has 148 valence electrons. The van der Waals surface area contributed by atoms with Crippen LogP contribution in [0.15, 0.2) is 36.4 Å². The molecule has 7 nitrogen and oxygen atoms in total. The van der Waals surface area contributed by atoms with Gasteiger partial charge in [0.05, 0.1) is 26.4 Å². The van der Waals surface area contributed by atoms with Gasteiger partial charge in [-0.05, 0) is 35.4 Å². The number of aromatic hydroxyl groups is 2. The van der Waals surface area contributed by atoms with E-state index in [1.54, 1.807) is 24.3 Å². The maximum Gasteiger partial charge on any atom is 0.160 e. The van der Waals surface area contributed by atoms with Crippen molar-refractivity contribution in [1.29, 1.82) is 10.5 Å². The average molecular weight is 392 g/mol. The number of benzene rings is 2. The van der Waals surface area contributed by atoms with Crippen molar-refractivity contribution < 1.29 is 24.5 Å². The number of nitrogens with zero attached hydrogens (tertiary/aromatic N) is 2. The smallest absolute Gasteiger partial charge is 0.160 e. The number of carbonyl (C=O) groups is 1. The third-order valence-corrected chi connectivity index (χ3v) is 5.55. The van der Waals surface area contributed by atoms with E-state index in [9.17, 15) is 25.5 Å². The van der Waals surface area contributed by atoms with Gasteiger partial charge >= 0.3 is 0 Å². The molecule has 29 heavy (non-hydrogen) atoms. The van der Waals surface area contributed by atoms with Gasteiger partial charge < -0.3 is 19.7 Å². The van der Waals surface area contributed by atoms with Crippen LogP contribution in [-0.2, 0) is 4.79 Å². The first-order valence-electron chi connectivity index (χ1n) is 8.98. The number of carbonyl (C=O) groups excluding carboxylic acids is 1. The van der Waals surface area contributed by atoms with E-state index in [0.29, 0.717) is 11.1 Å². The largest absolute Gasteiger partial charge is 0.504 e. The summed E-state index contributed by atoms with van der Waals surface area (Å²) in [5.41, 5.74) is -0.407. The summed E-state index contributed by atoms with van der Waals surface area (Å²) in [4.78, 5) is 12.6. The molecule has 0 aliphatic heterocycles. The number of phenols is 2. The molecule has 0 amide bonds. The van der Waals surface area contributed by atoms with Gasteiger partial charge in [-0.25, -0.2) is 0 Å². The van der Waals surface area contributed by atoms with Gasteiger partial charge in [-0.1, -0.05) is 12.1 Å². The Kier molecular flexibility index (Phi) is 5.34. The van der Waals surface area contributed by atoms with Crippen LogP contribution in [0.5, 0.6) is 23.0 Å². The summed E-state index contributed by atoms with van der Waals surface area (Å²) in [6.45, 7) is 0. The number of hydrogen-bond acceptors (Lipinski definition) is 7. The molecule has 7 heteroatoms. The Hall–Kier alpha value is -3.71. The lowest BCUT2D eigenvalue weighted by Crippen LogP contribution is -2.39. The Bertz CT molecular complexity index is 953. The minimum atomic E-state index is -1.53. The highest BCUT2D eigenvalue weighted by Gasteiger charge is 2.53. The molecule has 0 aromatic heterocycles. The highest BCUT2D eigenvalue weighted by Crippen LogP contribution is 2.54. The highest BCUT2D eigenvalue weighted by atomic mass is 16.5. The lowest BCUT2D eigenvalue weighted by atomic mass is 9.57. The van der Waals surface area contributed by atoms with Crippen LogP contribution in [0.1, 0.15) is 35.8 Å². The van der Waals surface area contributed by atoms with Crippen LogP contribution in [0.25, 0.3) is 0 Å². The summed E-state index contributed by atoms with van der Waals surface area (Å²) < 4.78 is 10.3. The zero-order chi connectivity index (χ0) is 21.2. The number of phenolic OH excluding ortho intramolecular Hbond substituents is 2. The Balaban J connectivity index is 2.17. The Morgan fingerprint density at radius 1 is 0.897 bits per heavy atom. The first-order valence-corrected chi connectivity index (χ1v) is 8.98. The van der Waals surface area contributed by atoms with E-state index >= 15 is 0 Å². The molecule has 2 unspecified atom stereocenters. The van der Waals surface area contributed by atoms with Crippen LogP contribution in [0, 0.1) is 28.1 Å². The van der Waals surface area contributed by atoms with Gasteiger partial charge in [0.2, 0.25) is 0 Å². The molecule has 0 saturated heterocycles. The summed E-state index contributed by atoms with van der Waals surface area (Å²) >= 11 is 0. The fourth-order valence-corrected chi connectivity index (χ4v) is 4.02. The topological polar surface area (TPSA) is 124 Å². The SMILES string of the molecule is COc1cc(C2CC(=O)CC(c3ccc(O)c(OC)c3)C2(C#N)C#N)ccc1O. The molecule has 2 aromatic rings. The van der Waals surface area contributed by atoms with Gasteiger partial charge in [0.25, 0.3) is 0 Å². The van der Waals surface area contributed by atoms with Crippen molar-refractivity contribution >= 4 is 5.78 Å². The van der Waals surface area contributed by atoms with Crippen molar-refractivity contribution in [3.8, 4) is 35.1 Å². The lowest BCUT2D eigenvalue weighted by molar-refractivity contribution is -0.122. The zero-order valence-corrected chi connectivity index (χ0v) is 16.0. The van der Waals surface area contributed by atoms with Crippen LogP contribution >= 0.6 is 0 Å². The second-order valence-corrected chi connectivity index (χ2v) is 7.01. The lowest BCUT2D eigenvalue weighted by Gasteiger charge is -2.40. The third-order valence-electron chi connectivity index (χ3n) is 5.55. The van der Waals surface area contributed by atoms with Crippen LogP contribution in [0.2, 0.25) is 0 Å². The van der Waals surface area contributed by atoms with Crippen LogP contribution < -0.4 is 9.47 Å². The summed E-state index contributed by atoms with van der Waals surface area (Å²) in [6.07, 6.45) is 0.0571. The number of Topliss-reactive ketones (excluding diaryl/α,β-unsaturated/α-hetero) is 1. The molecular formula is C22H20N2O5. The highest BCUT2D eigenvalue weighted by molar-refractivity contribution is 5.83. The second kappa shape index (κ2) is 7.73. The molecule has 0 heterocycles. The number of hydrogen-bond donors (Lipinski definition) is 2. The average Bonchev–Trinajstić information content (AvgIpc) is 2.74. The zero-order valence-electron chi connectivity index (χ0n) is 16.0. The Labute approximate surface area is 168 Å². The van der Waals surface area contributed by atoms with Gasteiger partial charge in [-0.3, -0.25) is 4.79 Å². The monoisotopic (exact) mass is 392 g/mol. The fourth-order valence-electron chi connectivity index (χ4n) is 4.02. The van der Waals surface area contributed by atoms with E-state index in [2.05, 4.69) is 12.1 Å². The molecule has 1 saturated carbocycles. The first kappa shape index (κ1) is 20.0. The minimum absolute atomic E-state index is 0.0285. The summed E-state index contributed by atoms with van der Waals surface area (Å²) in [5.74, 6) is -1.24. The van der Waals surface area contributed by atoms with Gasteiger partial charge in [0, 0.05) is 24.7 Å². The van der Waals surface area contributed by atoms with E-state index in [4.69, 9.17) is 9.47 Å². The van der Waals surface area contributed by atoms with Gasteiger partial charge in [0.1, 0.15) is 5.78 Å². The predicted molar refractivity (Wildman–Crippen MR) is 103 cm³/mol. The summed E-state index contributed by atoms with van der Waals surface area (Å²) in [5, 5.41) is 40.0. The minimum Gasteiger partial charge on any atom is -0.504 e. The molecule has 1 aliphatic carbocycles. The van der Waals surface area contributed by atoms with Gasteiger partial charge in [-0.2, -0.15) is 10.5 Å². The van der Waals surface area contributed by atoms with E-state index in [0.717, 1.165) is 0 Å². The Morgan fingerprint density at radius 2 is 1.31 bits per heavy atom. The van der Waals surface area contributed by atoms with Crippen molar-refractivity contribution in [2.45, 2.75) is 24.7 Å². The van der Waals surface area contributed by atoms with Crippen molar-refractivity contribution in [3.63, 3.8) is 0 Å². The number of methoxy groups -OCH3 is 2. The maximum absolute atomic E-state index is 12.6. The van der Waals surface area contributed by atoms with Crippen LogP contribution in [-0.4, -0.2) is 30.2 Å². The molecule has 2 N–H and O–H groups in total. The van der Waals surface area contributed by atoms with Crippen molar-refractivity contribution in [2.24, 2.45) is 5.41 Å². The predicted octanol–water partition coefficient (Wildman–Crippen LogP) is 3.38. The Morgan fingerprint density at radius 3 is 1.66 bits per heavy atom.